The Kier molecular flexibility index (Phi) is 2.89. The van der Waals surface area contributed by atoms with Gasteiger partial charge in [0.05, 0.1) is 6.61 Å². The number of nitrogens with one attached hydrogen (secondary N) is 1. The van der Waals surface area contributed by atoms with Crippen LogP contribution in [0.1, 0.15) is 6.92 Å². The minimum absolute atomic E-state index is 0.0501. The number of nitrogens with two attached hydrogens (primary N) is 1. The second-order valence-corrected chi connectivity index (χ2v) is 4.23. The van der Waals surface area contributed by atoms with E-state index < -0.39 is 30.1 Å². The van der Waals surface area contributed by atoms with Crippen molar-refractivity contribution in [3.8, 4) is 0 Å². The number of rotatable bonds is 2. The molecule has 5 N–H and O–H groups in total. The molecule has 2 rings (SSSR count). The monoisotopic (exact) mass is 232 g/mol. The van der Waals surface area contributed by atoms with Crippen molar-refractivity contribution in [2.75, 3.05) is 13.2 Å². The average Bonchev–Trinajstić information content (AvgIpc) is 2.65. The van der Waals surface area contributed by atoms with E-state index in [2.05, 4.69) is 5.32 Å². The Morgan fingerprint density at radius 1 is 1.62 bits per heavy atom. The molecule has 2 heterocycles. The zero-order chi connectivity index (χ0) is 11.9. The van der Waals surface area contributed by atoms with Gasteiger partial charge in [0.15, 0.2) is 6.29 Å². The van der Waals surface area contributed by atoms with Crippen LogP contribution >= 0.6 is 0 Å². The van der Waals surface area contributed by atoms with Gasteiger partial charge >= 0.3 is 0 Å². The summed E-state index contributed by atoms with van der Waals surface area (Å²) in [5.74, 6) is -0.324. The maximum absolute atomic E-state index is 10.9. The topological polar surface area (TPSA) is 114 Å². The van der Waals surface area contributed by atoms with Crippen LogP contribution in [0.25, 0.3) is 0 Å². The molecular weight excluding hydrogens is 216 g/mol. The smallest absolute Gasteiger partial charge is 0.217 e. The minimum atomic E-state index is -1.17. The molecule has 0 aromatic rings. The van der Waals surface area contributed by atoms with Gasteiger partial charge < -0.3 is 30.7 Å². The van der Waals surface area contributed by atoms with Crippen LogP contribution in [0.15, 0.2) is 0 Å². The lowest BCUT2D eigenvalue weighted by Gasteiger charge is -2.42. The molecule has 7 nitrogen and oxygen atoms in total. The summed E-state index contributed by atoms with van der Waals surface area (Å²) in [6, 6.07) is -0.769. The molecule has 2 saturated heterocycles. The van der Waals surface area contributed by atoms with Crippen molar-refractivity contribution in [1.82, 2.24) is 5.32 Å². The molecule has 1 amide bonds. The molecule has 0 aromatic heterocycles. The summed E-state index contributed by atoms with van der Waals surface area (Å²) in [6.45, 7) is 1.48. The third-order valence-electron chi connectivity index (χ3n) is 3.08. The number of ether oxygens (including phenoxy) is 2. The number of amides is 1. The highest BCUT2D eigenvalue weighted by Gasteiger charge is 2.58. The Hall–Kier alpha value is -0.730. The molecule has 0 aromatic carbocycles. The first-order valence-corrected chi connectivity index (χ1v) is 5.13. The second kappa shape index (κ2) is 3.94. The summed E-state index contributed by atoms with van der Waals surface area (Å²) >= 11 is 0. The highest BCUT2D eigenvalue weighted by atomic mass is 16.7. The Balaban J connectivity index is 2.19. The molecule has 7 heteroatoms. The van der Waals surface area contributed by atoms with Crippen LogP contribution in [0.4, 0.5) is 0 Å². The third kappa shape index (κ3) is 1.61. The number of carbonyl (C=O) groups is 1. The van der Waals surface area contributed by atoms with Crippen LogP contribution in [0.2, 0.25) is 0 Å². The minimum Gasteiger partial charge on any atom is -0.388 e. The van der Waals surface area contributed by atoms with Gasteiger partial charge in [-0.1, -0.05) is 0 Å². The molecule has 2 fully saturated rings. The fourth-order valence-corrected chi connectivity index (χ4v) is 2.14. The Morgan fingerprint density at radius 3 is 2.88 bits per heavy atom. The van der Waals surface area contributed by atoms with Gasteiger partial charge in [0.25, 0.3) is 0 Å². The van der Waals surface area contributed by atoms with Gasteiger partial charge in [0.1, 0.15) is 23.9 Å². The summed E-state index contributed by atoms with van der Waals surface area (Å²) in [6.07, 6.45) is -3.08. The molecular formula is C9H16N2O5. The van der Waals surface area contributed by atoms with E-state index in [-0.39, 0.29) is 19.1 Å². The Morgan fingerprint density at radius 2 is 2.31 bits per heavy atom. The number of aliphatic hydroxyl groups excluding tert-OH is 2. The van der Waals surface area contributed by atoms with Crippen LogP contribution in [-0.4, -0.2) is 59.4 Å². The highest BCUT2D eigenvalue weighted by molar-refractivity contribution is 5.73. The molecule has 92 valence electrons. The second-order valence-electron chi connectivity index (χ2n) is 4.23. The molecule has 2 aliphatic rings. The lowest BCUT2D eigenvalue weighted by molar-refractivity contribution is -0.221. The van der Waals surface area contributed by atoms with Crippen molar-refractivity contribution < 1.29 is 24.5 Å². The molecule has 5 atom stereocenters. The normalized spacial score (nSPS) is 46.8. The summed E-state index contributed by atoms with van der Waals surface area (Å²) in [7, 11) is 0. The third-order valence-corrected chi connectivity index (χ3v) is 3.08. The van der Waals surface area contributed by atoms with Gasteiger partial charge in [-0.3, -0.25) is 4.79 Å². The van der Waals surface area contributed by atoms with Gasteiger partial charge in [0, 0.05) is 13.5 Å². The maximum atomic E-state index is 10.9. The summed E-state index contributed by atoms with van der Waals surface area (Å²) in [5, 5.41) is 22.3. The Bertz CT molecular complexity index is 300. The van der Waals surface area contributed by atoms with Crippen molar-refractivity contribution in [2.24, 2.45) is 5.73 Å². The average molecular weight is 232 g/mol. The van der Waals surface area contributed by atoms with Gasteiger partial charge in [-0.25, -0.2) is 0 Å². The van der Waals surface area contributed by atoms with E-state index >= 15 is 0 Å². The predicted molar refractivity (Wildman–Crippen MR) is 52.2 cm³/mol. The number of aliphatic hydroxyl groups is 2. The first kappa shape index (κ1) is 11.7. The predicted octanol–water partition coefficient (Wildman–Crippen LogP) is -2.70. The summed E-state index contributed by atoms with van der Waals surface area (Å²) in [5.41, 5.74) is 4.45. The van der Waals surface area contributed by atoms with E-state index in [0.29, 0.717) is 0 Å². The van der Waals surface area contributed by atoms with E-state index in [9.17, 15) is 15.0 Å². The molecule has 0 aliphatic carbocycles. The number of fused-ring (bicyclic) bond motifs is 2. The van der Waals surface area contributed by atoms with E-state index in [1.807, 2.05) is 0 Å². The highest BCUT2D eigenvalue weighted by Crippen LogP contribution is 2.36. The number of hydrogen-bond donors (Lipinski definition) is 4. The van der Waals surface area contributed by atoms with Crippen LogP contribution in [0.3, 0.4) is 0 Å². The molecule has 0 saturated carbocycles. The van der Waals surface area contributed by atoms with Crippen LogP contribution in [-0.2, 0) is 14.3 Å². The lowest BCUT2D eigenvalue weighted by Crippen LogP contribution is -2.67. The SMILES string of the molecule is CC(=O)N[C@H]1[C@H]2OC[C@](CN)(O2)[C@H](O)[C@@H]1O. The summed E-state index contributed by atoms with van der Waals surface area (Å²) < 4.78 is 10.7. The van der Waals surface area contributed by atoms with Crippen LogP contribution in [0.5, 0.6) is 0 Å². The Labute approximate surface area is 92.5 Å². The molecule has 0 spiro atoms. The fraction of sp³-hybridized carbons (Fsp3) is 0.889. The van der Waals surface area contributed by atoms with E-state index in [0.717, 1.165) is 0 Å². The van der Waals surface area contributed by atoms with Crippen molar-refractivity contribution in [3.05, 3.63) is 0 Å². The quantitative estimate of drug-likeness (QED) is 0.412. The molecule has 2 aliphatic heterocycles. The fourth-order valence-electron chi connectivity index (χ4n) is 2.14. The van der Waals surface area contributed by atoms with Gasteiger partial charge in [-0.05, 0) is 0 Å². The standard InChI is InChI=1S/C9H16N2O5/c1-4(12)11-5-6(13)7(14)9(2-10)3-15-8(5)16-9/h5-8,13-14H,2-3,10H2,1H3,(H,11,12)/t5-,6-,7-,8+,9+/m1/s1. The number of carbonyl (C=O) groups excluding carboxylic acids is 1. The lowest BCUT2D eigenvalue weighted by atomic mass is 9.88. The molecule has 16 heavy (non-hydrogen) atoms. The molecule has 2 bridgehead atoms. The van der Waals surface area contributed by atoms with Gasteiger partial charge in [0.2, 0.25) is 5.91 Å². The van der Waals surface area contributed by atoms with Crippen molar-refractivity contribution in [3.63, 3.8) is 0 Å². The van der Waals surface area contributed by atoms with Crippen LogP contribution in [0, 0.1) is 0 Å². The first-order valence-electron chi connectivity index (χ1n) is 5.13. The zero-order valence-corrected chi connectivity index (χ0v) is 8.92. The molecule has 0 unspecified atom stereocenters. The number of hydrogen-bond acceptors (Lipinski definition) is 6. The maximum Gasteiger partial charge on any atom is 0.217 e. The van der Waals surface area contributed by atoms with Gasteiger partial charge in [-0.2, -0.15) is 0 Å². The summed E-state index contributed by atoms with van der Waals surface area (Å²) in [4.78, 5) is 10.9. The van der Waals surface area contributed by atoms with Gasteiger partial charge in [-0.15, -0.1) is 0 Å². The van der Waals surface area contributed by atoms with E-state index in [4.69, 9.17) is 15.2 Å². The zero-order valence-electron chi connectivity index (χ0n) is 8.92. The van der Waals surface area contributed by atoms with E-state index in [1.165, 1.54) is 6.92 Å². The van der Waals surface area contributed by atoms with Crippen LogP contribution < -0.4 is 11.1 Å². The molecule has 0 radical (unpaired) electrons. The first-order chi connectivity index (χ1) is 7.50. The largest absolute Gasteiger partial charge is 0.388 e. The van der Waals surface area contributed by atoms with Crippen molar-refractivity contribution in [1.29, 1.82) is 0 Å². The van der Waals surface area contributed by atoms with Crippen molar-refractivity contribution in [2.45, 2.75) is 37.1 Å². The van der Waals surface area contributed by atoms with E-state index in [1.54, 1.807) is 0 Å². The van der Waals surface area contributed by atoms with Crippen molar-refractivity contribution >= 4 is 5.91 Å².